The lowest BCUT2D eigenvalue weighted by Crippen LogP contribution is -2.43. The summed E-state index contributed by atoms with van der Waals surface area (Å²) in [4.78, 5) is 17.9. The number of carbonyl (C=O) groups is 1. The van der Waals surface area contributed by atoms with Crippen molar-refractivity contribution in [3.63, 3.8) is 0 Å². The van der Waals surface area contributed by atoms with Crippen LogP contribution in [0.1, 0.15) is 38.8 Å². The Bertz CT molecular complexity index is 429. The molecule has 2 N–H and O–H groups in total. The Morgan fingerprint density at radius 3 is 3.10 bits per heavy atom. The van der Waals surface area contributed by atoms with E-state index in [1.807, 2.05) is 5.38 Å². The largest absolute Gasteiger partial charge is 0.313 e. The van der Waals surface area contributed by atoms with E-state index in [0.29, 0.717) is 11.2 Å². The summed E-state index contributed by atoms with van der Waals surface area (Å²) in [5.41, 5.74) is 1.04. The lowest BCUT2D eigenvalue weighted by atomic mass is 10.0. The van der Waals surface area contributed by atoms with Gasteiger partial charge in [-0.05, 0) is 25.9 Å². The fourth-order valence-corrected chi connectivity index (χ4v) is 3.26. The number of hydrogen-bond acceptors (Lipinski definition) is 5. The van der Waals surface area contributed by atoms with E-state index in [4.69, 9.17) is 0 Å². The van der Waals surface area contributed by atoms with E-state index >= 15 is 0 Å². The van der Waals surface area contributed by atoms with E-state index in [1.165, 1.54) is 37.5 Å². The molecule has 0 radical (unpaired) electrons. The predicted octanol–water partition coefficient (Wildman–Crippen LogP) is 2.07. The van der Waals surface area contributed by atoms with Gasteiger partial charge in [-0.1, -0.05) is 13.3 Å². The molecule has 112 valence electrons. The number of hydrogen-bond donors (Lipinski definition) is 2. The summed E-state index contributed by atoms with van der Waals surface area (Å²) in [6, 6.07) is 0.608. The summed E-state index contributed by atoms with van der Waals surface area (Å²) < 4.78 is 0. The van der Waals surface area contributed by atoms with Crippen LogP contribution in [0.5, 0.6) is 0 Å². The molecule has 1 saturated heterocycles. The number of carbonyl (C=O) groups excluding carboxylic acids is 1. The van der Waals surface area contributed by atoms with Gasteiger partial charge in [0.05, 0.1) is 5.69 Å². The van der Waals surface area contributed by atoms with E-state index in [1.54, 1.807) is 0 Å². The van der Waals surface area contributed by atoms with Gasteiger partial charge in [-0.2, -0.15) is 0 Å². The molecule has 1 amide bonds. The van der Waals surface area contributed by atoms with Crippen LogP contribution in [0.2, 0.25) is 0 Å². The maximum atomic E-state index is 11.0. The number of anilines is 1. The first-order valence-electron chi connectivity index (χ1n) is 7.35. The first kappa shape index (κ1) is 15.4. The van der Waals surface area contributed by atoms with Crippen molar-refractivity contribution in [1.82, 2.24) is 15.2 Å². The van der Waals surface area contributed by atoms with Gasteiger partial charge >= 0.3 is 0 Å². The third-order valence-electron chi connectivity index (χ3n) is 3.56. The van der Waals surface area contributed by atoms with Gasteiger partial charge in [-0.3, -0.25) is 9.69 Å². The Kier molecular flexibility index (Phi) is 5.94. The molecule has 5 nitrogen and oxygen atoms in total. The lowest BCUT2D eigenvalue weighted by Gasteiger charge is -2.29. The van der Waals surface area contributed by atoms with E-state index in [2.05, 4.69) is 27.4 Å². The van der Waals surface area contributed by atoms with Crippen molar-refractivity contribution in [2.75, 3.05) is 25.0 Å². The van der Waals surface area contributed by atoms with Crippen molar-refractivity contribution in [2.45, 2.75) is 45.7 Å². The number of nitrogens with zero attached hydrogens (tertiary/aromatic N) is 2. The second kappa shape index (κ2) is 7.71. The number of rotatable bonds is 6. The summed E-state index contributed by atoms with van der Waals surface area (Å²) in [6.07, 6.45) is 3.90. The molecule has 1 fully saturated rings. The molecule has 1 aromatic heterocycles. The number of likely N-dealkylation sites (N-methyl/N-ethyl adjacent to an activating group) is 1. The van der Waals surface area contributed by atoms with E-state index in [9.17, 15) is 4.79 Å². The van der Waals surface area contributed by atoms with Crippen molar-refractivity contribution in [3.8, 4) is 0 Å². The molecule has 0 spiro atoms. The Balaban J connectivity index is 1.85. The van der Waals surface area contributed by atoms with Gasteiger partial charge in [0.2, 0.25) is 5.91 Å². The van der Waals surface area contributed by atoms with Crippen LogP contribution in [0.25, 0.3) is 0 Å². The van der Waals surface area contributed by atoms with Crippen LogP contribution in [0.3, 0.4) is 0 Å². The average molecular weight is 296 g/mol. The van der Waals surface area contributed by atoms with Crippen LogP contribution < -0.4 is 10.6 Å². The average Bonchev–Trinajstić information content (AvgIpc) is 2.85. The number of aromatic nitrogens is 1. The second-order valence-electron chi connectivity index (χ2n) is 5.30. The smallest absolute Gasteiger partial charge is 0.223 e. The Morgan fingerprint density at radius 1 is 1.60 bits per heavy atom. The minimum atomic E-state index is -0.0651. The van der Waals surface area contributed by atoms with Gasteiger partial charge in [-0.25, -0.2) is 4.98 Å². The van der Waals surface area contributed by atoms with Crippen molar-refractivity contribution in [2.24, 2.45) is 0 Å². The minimum Gasteiger partial charge on any atom is -0.313 e. The molecule has 0 aromatic carbocycles. The first-order valence-corrected chi connectivity index (χ1v) is 8.23. The van der Waals surface area contributed by atoms with Crippen LogP contribution in [0, 0.1) is 0 Å². The van der Waals surface area contributed by atoms with Gasteiger partial charge in [0, 0.05) is 31.4 Å². The fourth-order valence-electron chi connectivity index (χ4n) is 2.51. The van der Waals surface area contributed by atoms with Gasteiger partial charge in [0.1, 0.15) is 0 Å². The molecule has 1 aliphatic heterocycles. The molecule has 1 aliphatic rings. The summed E-state index contributed by atoms with van der Waals surface area (Å²) in [5.74, 6) is -0.0651. The monoisotopic (exact) mass is 296 g/mol. The van der Waals surface area contributed by atoms with E-state index in [-0.39, 0.29) is 5.91 Å². The number of nitrogens with one attached hydrogen (secondary N) is 2. The molecule has 20 heavy (non-hydrogen) atoms. The zero-order valence-electron chi connectivity index (χ0n) is 12.3. The zero-order valence-corrected chi connectivity index (χ0v) is 13.1. The zero-order chi connectivity index (χ0) is 14.4. The van der Waals surface area contributed by atoms with Crippen LogP contribution in [-0.2, 0) is 11.3 Å². The Morgan fingerprint density at radius 2 is 2.45 bits per heavy atom. The SMILES string of the molecule is CCN(Cc1csc(NC(C)=O)n1)CC1CCCCN1. The van der Waals surface area contributed by atoms with Crippen molar-refractivity contribution < 1.29 is 4.79 Å². The van der Waals surface area contributed by atoms with Crippen LogP contribution in [-0.4, -0.2) is 41.5 Å². The molecule has 0 aliphatic carbocycles. The van der Waals surface area contributed by atoms with Gasteiger partial charge in [0.15, 0.2) is 5.13 Å². The molecular formula is C14H24N4OS. The van der Waals surface area contributed by atoms with Crippen molar-refractivity contribution in [3.05, 3.63) is 11.1 Å². The summed E-state index contributed by atoms with van der Waals surface area (Å²) in [5, 5.41) is 9.04. The third kappa shape index (κ3) is 4.85. The van der Waals surface area contributed by atoms with Gasteiger partial charge in [0.25, 0.3) is 0 Å². The van der Waals surface area contributed by atoms with Crippen LogP contribution in [0.15, 0.2) is 5.38 Å². The highest BCUT2D eigenvalue weighted by molar-refractivity contribution is 7.13. The highest BCUT2D eigenvalue weighted by atomic mass is 32.1. The maximum absolute atomic E-state index is 11.0. The normalized spacial score (nSPS) is 19.2. The standard InChI is InChI=1S/C14H24N4OS/c1-3-18(8-12-6-4-5-7-15-12)9-13-10-20-14(17-13)16-11(2)19/h10,12,15H,3-9H2,1-2H3,(H,16,17,19). The molecule has 2 heterocycles. The highest BCUT2D eigenvalue weighted by Crippen LogP contribution is 2.17. The Labute approximate surface area is 124 Å². The maximum Gasteiger partial charge on any atom is 0.223 e. The molecule has 0 saturated carbocycles. The number of amides is 1. The summed E-state index contributed by atoms with van der Waals surface area (Å²) in [7, 11) is 0. The molecule has 0 bridgehead atoms. The van der Waals surface area contributed by atoms with Gasteiger partial charge in [-0.15, -0.1) is 11.3 Å². The molecule has 1 atom stereocenters. The molecular weight excluding hydrogens is 272 g/mol. The molecule has 6 heteroatoms. The van der Waals surface area contributed by atoms with Crippen LogP contribution in [0.4, 0.5) is 5.13 Å². The quantitative estimate of drug-likeness (QED) is 0.844. The van der Waals surface area contributed by atoms with Crippen molar-refractivity contribution in [1.29, 1.82) is 0 Å². The molecule has 1 unspecified atom stereocenters. The fraction of sp³-hybridized carbons (Fsp3) is 0.714. The van der Waals surface area contributed by atoms with Crippen molar-refractivity contribution >= 4 is 22.4 Å². The Hall–Kier alpha value is -0.980. The summed E-state index contributed by atoms with van der Waals surface area (Å²) in [6.45, 7) is 7.78. The number of thiazole rings is 1. The highest BCUT2D eigenvalue weighted by Gasteiger charge is 2.16. The first-order chi connectivity index (χ1) is 9.67. The van der Waals surface area contributed by atoms with E-state index in [0.717, 1.165) is 31.9 Å². The molecule has 1 aromatic rings. The topological polar surface area (TPSA) is 57.3 Å². The minimum absolute atomic E-state index is 0.0651. The summed E-state index contributed by atoms with van der Waals surface area (Å²) >= 11 is 1.49. The lowest BCUT2D eigenvalue weighted by molar-refractivity contribution is -0.114. The number of piperidine rings is 1. The predicted molar refractivity (Wildman–Crippen MR) is 83.0 cm³/mol. The molecule has 2 rings (SSSR count). The van der Waals surface area contributed by atoms with E-state index < -0.39 is 0 Å². The van der Waals surface area contributed by atoms with Gasteiger partial charge < -0.3 is 10.6 Å². The second-order valence-corrected chi connectivity index (χ2v) is 6.16. The third-order valence-corrected chi connectivity index (χ3v) is 4.37. The van der Waals surface area contributed by atoms with Crippen LogP contribution >= 0.6 is 11.3 Å².